The molecule has 1 aromatic heterocycles. The van der Waals surface area contributed by atoms with Crippen molar-refractivity contribution in [2.45, 2.75) is 0 Å². The fraction of sp³-hybridized carbons (Fsp3) is 0. The van der Waals surface area contributed by atoms with E-state index in [1.54, 1.807) is 24.3 Å². The number of hydrogen-bond donors (Lipinski definition) is 0. The van der Waals surface area contributed by atoms with Crippen LogP contribution < -0.4 is 0 Å². The van der Waals surface area contributed by atoms with E-state index in [9.17, 15) is 0 Å². The minimum Gasteiger partial charge on any atom is -0.248 e. The third-order valence-corrected chi connectivity index (χ3v) is 3.55. The molecule has 1 heteroatoms. The third kappa shape index (κ3) is 3.58. The highest BCUT2D eigenvalue weighted by Crippen LogP contribution is 2.32. The Bertz CT molecular complexity index is 876. The van der Waals surface area contributed by atoms with E-state index in [4.69, 9.17) is 4.98 Å². The smallest absolute Gasteiger partial charge is 0.0715 e. The lowest BCUT2D eigenvalue weighted by atomic mass is 9.92. The Morgan fingerprint density at radius 2 is 1.67 bits per heavy atom. The molecule has 0 bridgehead atoms. The van der Waals surface area contributed by atoms with Crippen LogP contribution in [0, 0.1) is 0 Å². The Kier molecular flexibility index (Phi) is 6.04. The summed E-state index contributed by atoms with van der Waals surface area (Å²) >= 11 is 0. The van der Waals surface area contributed by atoms with Gasteiger partial charge in [-0.3, -0.25) is 0 Å². The van der Waals surface area contributed by atoms with E-state index in [-0.39, 0.29) is 0 Å². The van der Waals surface area contributed by atoms with Gasteiger partial charge in [0.1, 0.15) is 0 Å². The van der Waals surface area contributed by atoms with E-state index in [2.05, 4.69) is 32.4 Å². The van der Waals surface area contributed by atoms with E-state index in [1.807, 2.05) is 48.6 Å². The van der Waals surface area contributed by atoms with Crippen LogP contribution in [0.5, 0.6) is 0 Å². The summed E-state index contributed by atoms with van der Waals surface area (Å²) in [5.74, 6) is 0. The van der Waals surface area contributed by atoms with Gasteiger partial charge in [-0.05, 0) is 17.7 Å². The Morgan fingerprint density at radius 3 is 2.33 bits per heavy atom. The van der Waals surface area contributed by atoms with Crippen LogP contribution in [0.2, 0.25) is 0 Å². The van der Waals surface area contributed by atoms with Crippen molar-refractivity contribution in [3.63, 3.8) is 0 Å². The van der Waals surface area contributed by atoms with Crippen molar-refractivity contribution in [1.82, 2.24) is 4.98 Å². The molecule has 0 aliphatic carbocycles. The number of nitrogens with zero attached hydrogens (tertiary/aromatic N) is 1. The third-order valence-electron chi connectivity index (χ3n) is 3.55. The molecule has 1 nitrogen and oxygen atoms in total. The maximum atomic E-state index is 4.73. The molecule has 2 rings (SSSR count). The summed E-state index contributed by atoms with van der Waals surface area (Å²) in [7, 11) is 0. The van der Waals surface area contributed by atoms with Gasteiger partial charge in [-0.1, -0.05) is 93.1 Å². The lowest BCUT2D eigenvalue weighted by Crippen LogP contribution is -1.97. The first-order valence-electron chi connectivity index (χ1n) is 7.73. The highest BCUT2D eigenvalue weighted by atomic mass is 14.7. The van der Waals surface area contributed by atoms with E-state index in [0.29, 0.717) is 0 Å². The van der Waals surface area contributed by atoms with Crippen LogP contribution in [-0.2, 0) is 0 Å². The minimum atomic E-state index is 0.837. The Morgan fingerprint density at radius 1 is 0.917 bits per heavy atom. The summed E-state index contributed by atoms with van der Waals surface area (Å²) in [5, 5.41) is 1.08. The van der Waals surface area contributed by atoms with Crippen LogP contribution in [0.25, 0.3) is 28.6 Å². The van der Waals surface area contributed by atoms with E-state index < -0.39 is 0 Å². The molecule has 0 amide bonds. The SMILES string of the molecule is C=C/C=C\C(=C/C=C)c1c(/C=C\C=C)c(C=C)nc2ccccc12. The molecular formula is C23H21N. The molecular weight excluding hydrogens is 290 g/mol. The largest absolute Gasteiger partial charge is 0.248 e. The van der Waals surface area contributed by atoms with Gasteiger partial charge in [0.15, 0.2) is 0 Å². The number of fused-ring (bicyclic) bond motifs is 1. The van der Waals surface area contributed by atoms with Gasteiger partial charge in [0.05, 0.1) is 11.2 Å². The summed E-state index contributed by atoms with van der Waals surface area (Å²) in [6.07, 6.45) is 16.9. The number of para-hydroxylation sites is 1. The van der Waals surface area contributed by atoms with Crippen molar-refractivity contribution in [2.75, 3.05) is 0 Å². The molecule has 2 aromatic rings. The lowest BCUT2D eigenvalue weighted by molar-refractivity contribution is 1.34. The van der Waals surface area contributed by atoms with Gasteiger partial charge in [0.25, 0.3) is 0 Å². The number of hydrogen-bond acceptors (Lipinski definition) is 1. The van der Waals surface area contributed by atoms with Crippen LogP contribution >= 0.6 is 0 Å². The molecule has 24 heavy (non-hydrogen) atoms. The van der Waals surface area contributed by atoms with Crippen molar-refractivity contribution in [2.24, 2.45) is 0 Å². The highest BCUT2D eigenvalue weighted by Gasteiger charge is 2.13. The summed E-state index contributed by atoms with van der Waals surface area (Å²) in [5.41, 5.74) is 4.90. The Hall–Kier alpha value is -3.19. The first kappa shape index (κ1) is 17.2. The van der Waals surface area contributed by atoms with Gasteiger partial charge in [-0.25, -0.2) is 4.98 Å². The number of rotatable bonds is 7. The van der Waals surface area contributed by atoms with Crippen LogP contribution in [0.15, 0.2) is 93.1 Å². The fourth-order valence-corrected chi connectivity index (χ4v) is 2.57. The molecule has 0 spiro atoms. The van der Waals surface area contributed by atoms with Crippen LogP contribution in [0.3, 0.4) is 0 Å². The van der Waals surface area contributed by atoms with Crippen LogP contribution in [0.1, 0.15) is 16.8 Å². The predicted octanol–water partition coefficient (Wildman–Crippen LogP) is 6.39. The van der Waals surface area contributed by atoms with Crippen molar-refractivity contribution < 1.29 is 0 Å². The molecule has 0 atom stereocenters. The molecule has 0 radical (unpaired) electrons. The zero-order chi connectivity index (χ0) is 17.4. The molecule has 1 aromatic carbocycles. The van der Waals surface area contributed by atoms with E-state index in [1.165, 1.54) is 0 Å². The second-order valence-electron chi connectivity index (χ2n) is 5.05. The van der Waals surface area contributed by atoms with Crippen molar-refractivity contribution >= 4 is 28.6 Å². The van der Waals surface area contributed by atoms with Gasteiger partial charge in [-0.2, -0.15) is 0 Å². The van der Waals surface area contributed by atoms with E-state index in [0.717, 1.165) is 33.3 Å². The molecule has 118 valence electrons. The number of allylic oxidation sites excluding steroid dienone is 8. The molecule has 0 fully saturated rings. The maximum Gasteiger partial charge on any atom is 0.0715 e. The number of benzene rings is 1. The number of pyridine rings is 1. The summed E-state index contributed by atoms with van der Waals surface area (Å²) in [6, 6.07) is 8.09. The average Bonchev–Trinajstić information content (AvgIpc) is 2.62. The van der Waals surface area contributed by atoms with Gasteiger partial charge < -0.3 is 0 Å². The van der Waals surface area contributed by atoms with Gasteiger partial charge in [0, 0.05) is 16.5 Å². The Balaban J connectivity index is 2.96. The molecule has 0 aliphatic heterocycles. The van der Waals surface area contributed by atoms with Gasteiger partial charge in [0.2, 0.25) is 0 Å². The van der Waals surface area contributed by atoms with Gasteiger partial charge >= 0.3 is 0 Å². The fourth-order valence-electron chi connectivity index (χ4n) is 2.57. The molecule has 0 saturated carbocycles. The van der Waals surface area contributed by atoms with E-state index >= 15 is 0 Å². The summed E-state index contributed by atoms with van der Waals surface area (Å²) < 4.78 is 0. The summed E-state index contributed by atoms with van der Waals surface area (Å²) in [4.78, 5) is 4.73. The first-order chi connectivity index (χ1) is 11.8. The predicted molar refractivity (Wildman–Crippen MR) is 109 cm³/mol. The molecule has 1 heterocycles. The van der Waals surface area contributed by atoms with Crippen molar-refractivity contribution in [3.05, 3.63) is 110 Å². The lowest BCUT2D eigenvalue weighted by Gasteiger charge is -2.14. The second kappa shape index (κ2) is 8.44. The normalized spacial score (nSPS) is 11.9. The minimum absolute atomic E-state index is 0.837. The summed E-state index contributed by atoms with van der Waals surface area (Å²) in [6.45, 7) is 15.3. The Labute approximate surface area is 144 Å². The standard InChI is InChI=1S/C23H21N/c1-5-9-14-18(13-7-3)23-19(15-10-6-2)21(8-4)24-22-17-12-11-16-20(22)23/h5-17H,1-4H2/b14-9-,15-10-,18-13+. The topological polar surface area (TPSA) is 12.9 Å². The molecule has 0 unspecified atom stereocenters. The number of aromatic nitrogens is 1. The zero-order valence-electron chi connectivity index (χ0n) is 13.8. The van der Waals surface area contributed by atoms with Crippen molar-refractivity contribution in [3.8, 4) is 0 Å². The maximum absolute atomic E-state index is 4.73. The monoisotopic (exact) mass is 311 g/mol. The molecule has 0 N–H and O–H groups in total. The quantitative estimate of drug-likeness (QED) is 0.540. The van der Waals surface area contributed by atoms with Crippen LogP contribution in [0.4, 0.5) is 0 Å². The molecule has 0 aliphatic rings. The first-order valence-corrected chi connectivity index (χ1v) is 7.73. The highest BCUT2D eigenvalue weighted by molar-refractivity contribution is 5.99. The average molecular weight is 311 g/mol. The second-order valence-corrected chi connectivity index (χ2v) is 5.05. The zero-order valence-corrected chi connectivity index (χ0v) is 13.8. The van der Waals surface area contributed by atoms with Gasteiger partial charge in [-0.15, -0.1) is 0 Å². The van der Waals surface area contributed by atoms with Crippen LogP contribution in [-0.4, -0.2) is 4.98 Å². The van der Waals surface area contributed by atoms with Crippen molar-refractivity contribution in [1.29, 1.82) is 0 Å². The molecule has 0 saturated heterocycles.